The fourth-order valence-corrected chi connectivity index (χ4v) is 2.73. The first kappa shape index (κ1) is 15.3. The fraction of sp³-hybridized carbons (Fsp3) is 0.857. The van der Waals surface area contributed by atoms with Crippen molar-refractivity contribution in [3.05, 3.63) is 0 Å². The van der Waals surface area contributed by atoms with E-state index in [1.54, 1.807) is 11.8 Å². The van der Waals surface area contributed by atoms with Crippen LogP contribution in [0, 0.1) is 5.92 Å². The minimum Gasteiger partial charge on any atom is -0.481 e. The minimum absolute atomic E-state index is 0.0957. The smallest absolute Gasteiger partial charge is 0.308 e. The molecule has 2 aliphatic heterocycles. The zero-order chi connectivity index (χ0) is 14.5. The highest BCUT2D eigenvalue weighted by Crippen LogP contribution is 2.18. The molecule has 2 heterocycles. The van der Waals surface area contributed by atoms with Crippen LogP contribution in [0.5, 0.6) is 0 Å². The number of hydrogen-bond acceptors (Lipinski definition) is 4. The van der Waals surface area contributed by atoms with Crippen molar-refractivity contribution < 1.29 is 24.2 Å². The number of hydrogen-bond donors (Lipinski definition) is 1. The van der Waals surface area contributed by atoms with Crippen LogP contribution in [0.25, 0.3) is 0 Å². The first-order valence-electron chi connectivity index (χ1n) is 7.32. The third-order valence-corrected chi connectivity index (χ3v) is 3.99. The third-order valence-electron chi connectivity index (χ3n) is 3.99. The first-order valence-corrected chi connectivity index (χ1v) is 7.32. The molecule has 0 aromatic rings. The summed E-state index contributed by atoms with van der Waals surface area (Å²) in [5, 5.41) is 9.04. The standard InChI is InChI=1S/C14H23NO5/c1-10(20-9-12-5-3-7-19-12)13(16)15-6-2-4-11(8-15)14(17)18/h10-12H,2-9H2,1H3,(H,17,18)/t10-,11+,12+/m0/s1. The molecule has 0 aliphatic carbocycles. The highest BCUT2D eigenvalue weighted by molar-refractivity contribution is 5.81. The molecule has 0 saturated carbocycles. The van der Waals surface area contributed by atoms with Crippen molar-refractivity contribution in [2.45, 2.75) is 44.8 Å². The fourth-order valence-electron chi connectivity index (χ4n) is 2.73. The Morgan fingerprint density at radius 1 is 1.40 bits per heavy atom. The summed E-state index contributed by atoms with van der Waals surface area (Å²) in [7, 11) is 0. The molecule has 6 nitrogen and oxygen atoms in total. The van der Waals surface area contributed by atoms with Gasteiger partial charge in [-0.15, -0.1) is 0 Å². The number of aliphatic carboxylic acids is 1. The number of likely N-dealkylation sites (tertiary alicyclic amines) is 1. The van der Waals surface area contributed by atoms with Crippen molar-refractivity contribution in [3.63, 3.8) is 0 Å². The lowest BCUT2D eigenvalue weighted by Gasteiger charge is -2.32. The Morgan fingerprint density at radius 2 is 2.20 bits per heavy atom. The Hall–Kier alpha value is -1.14. The largest absolute Gasteiger partial charge is 0.481 e. The van der Waals surface area contributed by atoms with Crippen molar-refractivity contribution in [1.29, 1.82) is 0 Å². The summed E-state index contributed by atoms with van der Waals surface area (Å²) in [5.74, 6) is -1.39. The van der Waals surface area contributed by atoms with E-state index in [4.69, 9.17) is 14.6 Å². The van der Waals surface area contributed by atoms with Crippen LogP contribution >= 0.6 is 0 Å². The Balaban J connectivity index is 1.78. The zero-order valence-corrected chi connectivity index (χ0v) is 11.9. The molecule has 0 unspecified atom stereocenters. The molecule has 3 atom stereocenters. The average Bonchev–Trinajstić information content (AvgIpc) is 2.97. The molecule has 0 aromatic heterocycles. The predicted molar refractivity (Wildman–Crippen MR) is 71.3 cm³/mol. The molecule has 0 aromatic carbocycles. The number of carboxylic acid groups (broad SMARTS) is 1. The van der Waals surface area contributed by atoms with Crippen LogP contribution in [0.1, 0.15) is 32.6 Å². The van der Waals surface area contributed by atoms with Crippen molar-refractivity contribution in [2.24, 2.45) is 5.92 Å². The maximum Gasteiger partial charge on any atom is 0.308 e. The number of amides is 1. The van der Waals surface area contributed by atoms with E-state index in [2.05, 4.69) is 0 Å². The Labute approximate surface area is 119 Å². The quantitative estimate of drug-likeness (QED) is 0.812. The molecule has 2 rings (SSSR count). The summed E-state index contributed by atoms with van der Waals surface area (Å²) < 4.78 is 11.0. The third kappa shape index (κ3) is 3.93. The monoisotopic (exact) mass is 285 g/mol. The van der Waals surface area contributed by atoms with E-state index in [0.717, 1.165) is 25.9 Å². The highest BCUT2D eigenvalue weighted by Gasteiger charge is 2.31. The van der Waals surface area contributed by atoms with Crippen LogP contribution < -0.4 is 0 Å². The number of piperidine rings is 1. The number of carboxylic acids is 1. The summed E-state index contributed by atoms with van der Waals surface area (Å²) in [6, 6.07) is 0. The Bertz CT molecular complexity index is 353. The van der Waals surface area contributed by atoms with Gasteiger partial charge in [-0.3, -0.25) is 9.59 Å². The first-order chi connectivity index (χ1) is 9.58. The zero-order valence-electron chi connectivity index (χ0n) is 11.9. The topological polar surface area (TPSA) is 76.1 Å². The number of ether oxygens (including phenoxy) is 2. The van der Waals surface area contributed by atoms with Crippen molar-refractivity contribution >= 4 is 11.9 Å². The number of rotatable bonds is 5. The molecule has 1 amide bonds. The number of nitrogens with zero attached hydrogens (tertiary/aromatic N) is 1. The van der Waals surface area contributed by atoms with Crippen molar-refractivity contribution in [1.82, 2.24) is 4.90 Å². The molecule has 2 saturated heterocycles. The van der Waals surface area contributed by atoms with Crippen LogP contribution in [0.15, 0.2) is 0 Å². The van der Waals surface area contributed by atoms with E-state index in [1.807, 2.05) is 0 Å². The van der Waals surface area contributed by atoms with Gasteiger partial charge < -0.3 is 19.5 Å². The molecule has 0 bridgehead atoms. The van der Waals surface area contributed by atoms with Gasteiger partial charge in [-0.25, -0.2) is 0 Å². The molecule has 6 heteroatoms. The Kier molecular flexibility index (Phi) is 5.37. The van der Waals surface area contributed by atoms with Crippen LogP contribution in [0.3, 0.4) is 0 Å². The summed E-state index contributed by atoms with van der Waals surface area (Å²) in [4.78, 5) is 24.9. The summed E-state index contributed by atoms with van der Waals surface area (Å²) in [6.07, 6.45) is 2.96. The van der Waals surface area contributed by atoms with Crippen molar-refractivity contribution in [3.8, 4) is 0 Å². The van der Waals surface area contributed by atoms with Gasteiger partial charge in [0.15, 0.2) is 0 Å². The second kappa shape index (κ2) is 7.04. The van der Waals surface area contributed by atoms with Crippen LogP contribution in [-0.4, -0.2) is 60.4 Å². The molecule has 2 aliphatic rings. The predicted octanol–water partition coefficient (Wildman–Crippen LogP) is 0.894. The second-order valence-corrected chi connectivity index (χ2v) is 5.57. The molecular formula is C14H23NO5. The molecule has 20 heavy (non-hydrogen) atoms. The summed E-state index contributed by atoms with van der Waals surface area (Å²) in [5.41, 5.74) is 0. The normalized spacial score (nSPS) is 28.4. The van der Waals surface area contributed by atoms with Gasteiger partial charge in [-0.2, -0.15) is 0 Å². The van der Waals surface area contributed by atoms with Gasteiger partial charge in [0.25, 0.3) is 5.91 Å². The number of carbonyl (C=O) groups is 2. The van der Waals surface area contributed by atoms with E-state index in [0.29, 0.717) is 26.1 Å². The van der Waals surface area contributed by atoms with Gasteiger partial charge in [-0.05, 0) is 32.6 Å². The van der Waals surface area contributed by atoms with Gasteiger partial charge in [0.05, 0.1) is 18.6 Å². The molecular weight excluding hydrogens is 262 g/mol. The lowest BCUT2D eigenvalue weighted by atomic mass is 9.98. The lowest BCUT2D eigenvalue weighted by molar-refractivity contribution is -0.151. The van der Waals surface area contributed by atoms with Crippen LogP contribution in [0.2, 0.25) is 0 Å². The lowest BCUT2D eigenvalue weighted by Crippen LogP contribution is -2.46. The molecule has 1 N–H and O–H groups in total. The van der Waals surface area contributed by atoms with Crippen LogP contribution in [-0.2, 0) is 19.1 Å². The van der Waals surface area contributed by atoms with Crippen LogP contribution in [0.4, 0.5) is 0 Å². The molecule has 0 spiro atoms. The molecule has 114 valence electrons. The van der Waals surface area contributed by atoms with E-state index < -0.39 is 18.0 Å². The maximum absolute atomic E-state index is 12.2. The van der Waals surface area contributed by atoms with E-state index >= 15 is 0 Å². The van der Waals surface area contributed by atoms with Crippen molar-refractivity contribution in [2.75, 3.05) is 26.3 Å². The average molecular weight is 285 g/mol. The second-order valence-electron chi connectivity index (χ2n) is 5.57. The van der Waals surface area contributed by atoms with E-state index in [1.165, 1.54) is 0 Å². The Morgan fingerprint density at radius 3 is 2.85 bits per heavy atom. The molecule has 2 fully saturated rings. The van der Waals surface area contributed by atoms with Gasteiger partial charge in [0.2, 0.25) is 0 Å². The van der Waals surface area contributed by atoms with Gasteiger partial charge >= 0.3 is 5.97 Å². The molecule has 0 radical (unpaired) electrons. The van der Waals surface area contributed by atoms with Gasteiger partial charge in [-0.1, -0.05) is 0 Å². The summed E-state index contributed by atoms with van der Waals surface area (Å²) in [6.45, 7) is 3.84. The van der Waals surface area contributed by atoms with E-state index in [9.17, 15) is 9.59 Å². The van der Waals surface area contributed by atoms with E-state index in [-0.39, 0.29) is 12.0 Å². The number of carbonyl (C=O) groups excluding carboxylic acids is 1. The van der Waals surface area contributed by atoms with Gasteiger partial charge in [0, 0.05) is 19.7 Å². The maximum atomic E-state index is 12.2. The minimum atomic E-state index is -0.824. The highest BCUT2D eigenvalue weighted by atomic mass is 16.5. The van der Waals surface area contributed by atoms with Gasteiger partial charge in [0.1, 0.15) is 6.10 Å². The SMILES string of the molecule is C[C@H](OC[C@H]1CCCO1)C(=O)N1CCC[C@@H](C(=O)O)C1. The summed E-state index contributed by atoms with van der Waals surface area (Å²) >= 11 is 0.